The normalized spacial score (nSPS) is 12.0. The van der Waals surface area contributed by atoms with Gasteiger partial charge in [0.25, 0.3) is 11.8 Å². The largest absolute Gasteiger partial charge is 0.435 e. The molecule has 9 nitrogen and oxygen atoms in total. The van der Waals surface area contributed by atoms with Crippen LogP contribution in [0.5, 0.6) is 0 Å². The molecule has 4 amide bonds. The third kappa shape index (κ3) is 8.19. The average molecular weight is 803 g/mol. The molecule has 0 heterocycles. The molecule has 0 atom stereocenters. The Hall–Kier alpha value is -4.26. The number of nitrogens with zero attached hydrogens (tertiary/aromatic N) is 1. The highest BCUT2D eigenvalue weighted by Crippen LogP contribution is 2.54. The summed E-state index contributed by atoms with van der Waals surface area (Å²) in [5.74, 6) is -5.02. The Labute approximate surface area is 276 Å². The standard InChI is InChI=1S/C28H21Br2F8N5O4/c29-17-10-14(26(32,27(33,34)35)28(36,37)38)11-18(30)23(17)42-24(46)16-2-1-3-19(22(16)31)43(9-8-21(45)41-12-20(40)44)25(47)13-4-6-15(39)7-5-13/h1-7,10-11H,8-9,12,39H2,(H2,40,44)(H,41,45)(H,42,46). The van der Waals surface area contributed by atoms with Crippen molar-refractivity contribution in [3.05, 3.63) is 86.1 Å². The fraction of sp³-hybridized carbons (Fsp3) is 0.214. The van der Waals surface area contributed by atoms with Crippen molar-refractivity contribution in [3.8, 4) is 0 Å². The SMILES string of the molecule is NC(=O)CNC(=O)CCN(C(=O)c1ccc(N)cc1)c1cccc(C(=O)Nc2c(Br)cc(C(F)(C(F)(F)F)C(F)(F)F)cc2Br)c1F. The number of hydrogen-bond donors (Lipinski definition) is 4. The smallest absolute Gasteiger partial charge is 0.399 e. The molecule has 0 spiro atoms. The second-order valence-corrected chi connectivity index (χ2v) is 11.3. The lowest BCUT2D eigenvalue weighted by Gasteiger charge is -2.31. The Morgan fingerprint density at radius 1 is 0.851 bits per heavy atom. The maximum absolute atomic E-state index is 15.9. The zero-order valence-corrected chi connectivity index (χ0v) is 26.5. The van der Waals surface area contributed by atoms with E-state index >= 15 is 4.39 Å². The van der Waals surface area contributed by atoms with Crippen LogP contribution in [0.4, 0.5) is 52.2 Å². The van der Waals surface area contributed by atoms with E-state index in [9.17, 15) is 49.9 Å². The summed E-state index contributed by atoms with van der Waals surface area (Å²) in [5, 5.41) is 4.32. The Morgan fingerprint density at radius 3 is 1.91 bits per heavy atom. The van der Waals surface area contributed by atoms with Gasteiger partial charge in [0.15, 0.2) is 5.82 Å². The van der Waals surface area contributed by atoms with Crippen LogP contribution in [0, 0.1) is 5.82 Å². The number of amides is 4. The van der Waals surface area contributed by atoms with E-state index in [1.807, 2.05) is 0 Å². The van der Waals surface area contributed by atoms with Gasteiger partial charge in [0, 0.05) is 38.7 Å². The van der Waals surface area contributed by atoms with Gasteiger partial charge in [-0.3, -0.25) is 19.2 Å². The first-order valence-corrected chi connectivity index (χ1v) is 14.4. The maximum atomic E-state index is 15.9. The van der Waals surface area contributed by atoms with Crippen LogP contribution in [0.25, 0.3) is 0 Å². The highest BCUT2D eigenvalue weighted by atomic mass is 79.9. The molecule has 0 aromatic heterocycles. The average Bonchev–Trinajstić information content (AvgIpc) is 2.97. The predicted molar refractivity (Wildman–Crippen MR) is 160 cm³/mol. The van der Waals surface area contributed by atoms with Gasteiger partial charge in [-0.15, -0.1) is 0 Å². The fourth-order valence-electron chi connectivity index (χ4n) is 4.06. The summed E-state index contributed by atoms with van der Waals surface area (Å²) >= 11 is 5.44. The first kappa shape index (κ1) is 37.2. The van der Waals surface area contributed by atoms with Gasteiger partial charge in [-0.1, -0.05) is 6.07 Å². The molecule has 0 radical (unpaired) electrons. The van der Waals surface area contributed by atoms with E-state index in [2.05, 4.69) is 42.5 Å². The number of rotatable bonds is 10. The lowest BCUT2D eigenvalue weighted by Crippen LogP contribution is -2.50. The van der Waals surface area contributed by atoms with Crippen LogP contribution in [0.15, 0.2) is 63.5 Å². The minimum Gasteiger partial charge on any atom is -0.399 e. The van der Waals surface area contributed by atoms with Crippen LogP contribution in [-0.2, 0) is 15.3 Å². The summed E-state index contributed by atoms with van der Waals surface area (Å²) in [6.07, 6.45) is -13.3. The van der Waals surface area contributed by atoms with Crippen LogP contribution in [-0.4, -0.2) is 49.1 Å². The molecule has 0 unspecified atom stereocenters. The number of hydrogen-bond acceptors (Lipinski definition) is 5. The number of halogens is 10. The predicted octanol–water partition coefficient (Wildman–Crippen LogP) is 6.11. The van der Waals surface area contributed by atoms with Gasteiger partial charge in [-0.2, -0.15) is 26.3 Å². The molecule has 0 fully saturated rings. The van der Waals surface area contributed by atoms with Crippen molar-refractivity contribution in [1.29, 1.82) is 0 Å². The van der Waals surface area contributed by atoms with Gasteiger partial charge in [0.2, 0.25) is 11.8 Å². The number of benzene rings is 3. The molecule has 0 bridgehead atoms. The number of carbonyl (C=O) groups is 4. The van der Waals surface area contributed by atoms with E-state index < -0.39 is 98.4 Å². The number of anilines is 3. The molecule has 252 valence electrons. The van der Waals surface area contributed by atoms with Crippen LogP contribution < -0.4 is 27.0 Å². The number of nitrogen functional groups attached to an aromatic ring is 1. The van der Waals surface area contributed by atoms with Gasteiger partial charge in [0.1, 0.15) is 0 Å². The van der Waals surface area contributed by atoms with Crippen molar-refractivity contribution in [3.63, 3.8) is 0 Å². The molecule has 3 rings (SSSR count). The van der Waals surface area contributed by atoms with E-state index in [0.29, 0.717) is 5.69 Å². The summed E-state index contributed by atoms with van der Waals surface area (Å²) in [5.41, 5.74) is 1.57. The third-order valence-corrected chi connectivity index (χ3v) is 7.65. The Kier molecular flexibility index (Phi) is 11.3. The molecule has 3 aromatic rings. The molecular weight excluding hydrogens is 782 g/mol. The lowest BCUT2D eigenvalue weighted by molar-refractivity contribution is -0.348. The van der Waals surface area contributed by atoms with Gasteiger partial charge in [-0.25, -0.2) is 8.78 Å². The molecule has 0 aliphatic heterocycles. The van der Waals surface area contributed by atoms with Crippen molar-refractivity contribution in [2.45, 2.75) is 24.4 Å². The van der Waals surface area contributed by atoms with Gasteiger partial charge >= 0.3 is 18.0 Å². The van der Waals surface area contributed by atoms with Crippen LogP contribution in [0.1, 0.15) is 32.7 Å². The topological polar surface area (TPSA) is 148 Å². The first-order chi connectivity index (χ1) is 21.7. The molecule has 19 heteroatoms. The second kappa shape index (κ2) is 14.2. The number of nitrogens with one attached hydrogen (secondary N) is 2. The molecule has 0 aliphatic carbocycles. The molecule has 0 saturated carbocycles. The lowest BCUT2D eigenvalue weighted by atomic mass is 9.94. The summed E-state index contributed by atoms with van der Waals surface area (Å²) < 4.78 is 109. The Morgan fingerprint density at radius 2 is 1.40 bits per heavy atom. The van der Waals surface area contributed by atoms with Crippen molar-refractivity contribution >= 4 is 72.6 Å². The summed E-state index contributed by atoms with van der Waals surface area (Å²) in [6, 6.07) is 8.90. The zero-order chi connectivity index (χ0) is 35.5. The van der Waals surface area contributed by atoms with Crippen LogP contribution in [0.3, 0.4) is 0 Å². The van der Waals surface area contributed by atoms with Crippen molar-refractivity contribution in [2.75, 3.05) is 29.0 Å². The van der Waals surface area contributed by atoms with Crippen molar-refractivity contribution in [1.82, 2.24) is 5.32 Å². The minimum absolute atomic E-state index is 0.000557. The van der Waals surface area contributed by atoms with Crippen molar-refractivity contribution in [2.24, 2.45) is 5.73 Å². The number of nitrogens with two attached hydrogens (primary N) is 2. The summed E-state index contributed by atoms with van der Waals surface area (Å²) in [7, 11) is 0. The van der Waals surface area contributed by atoms with Gasteiger partial charge in [0.05, 0.1) is 23.5 Å². The third-order valence-electron chi connectivity index (χ3n) is 6.40. The number of primary amides is 1. The minimum atomic E-state index is -6.41. The van der Waals surface area contributed by atoms with E-state index in [1.165, 1.54) is 24.3 Å². The maximum Gasteiger partial charge on any atom is 0.435 e. The van der Waals surface area contributed by atoms with E-state index in [4.69, 9.17) is 11.5 Å². The number of alkyl halides is 7. The highest BCUT2D eigenvalue weighted by Gasteiger charge is 2.73. The van der Waals surface area contributed by atoms with Crippen LogP contribution in [0.2, 0.25) is 0 Å². The first-order valence-electron chi connectivity index (χ1n) is 12.8. The Bertz CT molecular complexity index is 1660. The monoisotopic (exact) mass is 801 g/mol. The fourth-order valence-corrected chi connectivity index (χ4v) is 5.45. The summed E-state index contributed by atoms with van der Waals surface area (Å²) in [6.45, 7) is -0.989. The molecule has 3 aromatic carbocycles. The Balaban J connectivity index is 2.00. The van der Waals surface area contributed by atoms with E-state index in [-0.39, 0.29) is 17.7 Å². The molecule has 0 saturated heterocycles. The zero-order valence-electron chi connectivity index (χ0n) is 23.3. The highest BCUT2D eigenvalue weighted by molar-refractivity contribution is 9.11. The van der Waals surface area contributed by atoms with E-state index in [0.717, 1.165) is 23.1 Å². The van der Waals surface area contributed by atoms with Crippen LogP contribution >= 0.6 is 31.9 Å². The van der Waals surface area contributed by atoms with Gasteiger partial charge < -0.3 is 27.0 Å². The van der Waals surface area contributed by atoms with Crippen molar-refractivity contribution < 1.29 is 54.3 Å². The summed E-state index contributed by atoms with van der Waals surface area (Å²) in [4.78, 5) is 50.6. The van der Waals surface area contributed by atoms with Gasteiger partial charge in [-0.05, 0) is 80.4 Å². The molecule has 6 N–H and O–H groups in total. The number of carbonyl (C=O) groups excluding carboxylic acids is 4. The quantitative estimate of drug-likeness (QED) is 0.144. The molecule has 47 heavy (non-hydrogen) atoms. The molecule has 0 aliphatic rings. The molecular formula is C28H21Br2F8N5O4. The van der Waals surface area contributed by atoms with E-state index in [1.54, 1.807) is 0 Å². The second-order valence-electron chi connectivity index (χ2n) is 9.63.